The Bertz CT molecular complexity index is 756. The summed E-state index contributed by atoms with van der Waals surface area (Å²) in [5.74, 6) is 0. The van der Waals surface area contributed by atoms with Crippen molar-refractivity contribution < 1.29 is 13.5 Å². The Balaban J connectivity index is 2.20. The molecule has 0 saturated carbocycles. The van der Waals surface area contributed by atoms with E-state index in [1.807, 2.05) is 6.92 Å². The summed E-state index contributed by atoms with van der Waals surface area (Å²) in [6, 6.07) is 4.22. The van der Waals surface area contributed by atoms with Gasteiger partial charge in [-0.1, -0.05) is 11.6 Å². The highest BCUT2D eigenvalue weighted by molar-refractivity contribution is 7.89. The largest absolute Gasteiger partial charge is 0.392 e. The minimum atomic E-state index is -3.67. The van der Waals surface area contributed by atoms with Gasteiger partial charge in [0, 0.05) is 30.4 Å². The van der Waals surface area contributed by atoms with Crippen LogP contribution in [0.1, 0.15) is 16.8 Å². The molecule has 2 aromatic rings. The van der Waals surface area contributed by atoms with Crippen molar-refractivity contribution in [3.63, 3.8) is 0 Å². The molecule has 0 radical (unpaired) electrons. The molecule has 2 N–H and O–H groups in total. The topological polar surface area (TPSA) is 84.2 Å². The molecule has 114 valence electrons. The van der Waals surface area contributed by atoms with Crippen LogP contribution in [0.15, 0.2) is 29.3 Å². The molecule has 2 rings (SSSR count). The number of rotatable bonds is 5. The fourth-order valence-corrected chi connectivity index (χ4v) is 3.15. The van der Waals surface area contributed by atoms with Gasteiger partial charge in [-0.15, -0.1) is 0 Å². The number of nitrogens with one attached hydrogen (secondary N) is 1. The Hall–Kier alpha value is -1.41. The quantitative estimate of drug-likeness (QED) is 0.867. The molecule has 0 aliphatic heterocycles. The first-order chi connectivity index (χ1) is 9.83. The van der Waals surface area contributed by atoms with Gasteiger partial charge in [-0.2, -0.15) is 5.10 Å². The molecule has 21 heavy (non-hydrogen) atoms. The number of hydrogen-bond acceptors (Lipinski definition) is 4. The predicted octanol–water partition coefficient (Wildman–Crippen LogP) is 1.35. The van der Waals surface area contributed by atoms with E-state index in [1.54, 1.807) is 17.9 Å². The van der Waals surface area contributed by atoms with E-state index in [-0.39, 0.29) is 18.0 Å². The third-order valence-corrected chi connectivity index (χ3v) is 4.83. The van der Waals surface area contributed by atoms with Crippen LogP contribution in [0, 0.1) is 6.92 Å². The maximum Gasteiger partial charge on any atom is 0.240 e. The van der Waals surface area contributed by atoms with Crippen molar-refractivity contribution >= 4 is 21.6 Å². The van der Waals surface area contributed by atoms with E-state index < -0.39 is 10.0 Å². The monoisotopic (exact) mass is 329 g/mol. The summed E-state index contributed by atoms with van der Waals surface area (Å²) in [6.07, 6.45) is 1.76. The van der Waals surface area contributed by atoms with E-state index in [0.29, 0.717) is 10.6 Å². The molecule has 0 aliphatic rings. The first-order valence-electron chi connectivity index (χ1n) is 6.21. The molecule has 1 heterocycles. The molecule has 0 bridgehead atoms. The Kier molecular flexibility index (Phi) is 4.67. The van der Waals surface area contributed by atoms with Crippen molar-refractivity contribution in [3.05, 3.63) is 46.2 Å². The van der Waals surface area contributed by atoms with Crippen LogP contribution >= 0.6 is 11.6 Å². The minimum Gasteiger partial charge on any atom is -0.392 e. The standard InChI is InChI=1S/C13H16ClN3O3S/c1-9-11(7-17(2)16-9)6-15-21(19,20)12-3-4-13(14)10(5-12)8-18/h3-5,7,15,18H,6,8H2,1-2H3. The lowest BCUT2D eigenvalue weighted by molar-refractivity contribution is 0.281. The first-order valence-corrected chi connectivity index (χ1v) is 8.07. The number of hydrogen-bond donors (Lipinski definition) is 2. The summed E-state index contributed by atoms with van der Waals surface area (Å²) in [5.41, 5.74) is 1.95. The highest BCUT2D eigenvalue weighted by atomic mass is 35.5. The van der Waals surface area contributed by atoms with Crippen LogP contribution in [-0.2, 0) is 30.2 Å². The first kappa shape index (κ1) is 16.0. The Morgan fingerprint density at radius 3 is 2.67 bits per heavy atom. The molecule has 0 atom stereocenters. The minimum absolute atomic E-state index is 0.0671. The van der Waals surface area contributed by atoms with Crippen molar-refractivity contribution in [3.8, 4) is 0 Å². The molecule has 0 saturated heterocycles. The van der Waals surface area contributed by atoms with E-state index in [2.05, 4.69) is 9.82 Å². The zero-order valence-corrected chi connectivity index (χ0v) is 13.2. The second-order valence-corrected chi connectivity index (χ2v) is 6.82. The molecule has 1 aromatic carbocycles. The van der Waals surface area contributed by atoms with Crippen LogP contribution in [0.25, 0.3) is 0 Å². The number of aliphatic hydroxyl groups excluding tert-OH is 1. The van der Waals surface area contributed by atoms with Crippen LogP contribution in [0.3, 0.4) is 0 Å². The fourth-order valence-electron chi connectivity index (χ4n) is 1.92. The average molecular weight is 330 g/mol. The number of aryl methyl sites for hydroxylation is 2. The maximum atomic E-state index is 12.2. The van der Waals surface area contributed by atoms with Gasteiger partial charge in [0.25, 0.3) is 0 Å². The van der Waals surface area contributed by atoms with Gasteiger partial charge in [0.05, 0.1) is 17.2 Å². The average Bonchev–Trinajstić information content (AvgIpc) is 2.75. The normalized spacial score (nSPS) is 11.8. The summed E-state index contributed by atoms with van der Waals surface area (Å²) in [6.45, 7) is 1.65. The maximum absolute atomic E-state index is 12.2. The second kappa shape index (κ2) is 6.15. The van der Waals surface area contributed by atoms with Crippen molar-refractivity contribution in [1.29, 1.82) is 0 Å². The highest BCUT2D eigenvalue weighted by Gasteiger charge is 2.16. The van der Waals surface area contributed by atoms with Crippen LogP contribution in [0.2, 0.25) is 5.02 Å². The Morgan fingerprint density at radius 1 is 1.38 bits per heavy atom. The number of aromatic nitrogens is 2. The van der Waals surface area contributed by atoms with E-state index in [4.69, 9.17) is 16.7 Å². The van der Waals surface area contributed by atoms with Crippen molar-refractivity contribution in [2.75, 3.05) is 0 Å². The lowest BCUT2D eigenvalue weighted by Gasteiger charge is -2.08. The van der Waals surface area contributed by atoms with Crippen LogP contribution < -0.4 is 4.72 Å². The Morgan fingerprint density at radius 2 is 2.10 bits per heavy atom. The Labute approximate surface area is 128 Å². The van der Waals surface area contributed by atoms with Crippen LogP contribution in [-0.4, -0.2) is 23.3 Å². The van der Waals surface area contributed by atoms with Gasteiger partial charge in [0.2, 0.25) is 10.0 Å². The van der Waals surface area contributed by atoms with Gasteiger partial charge in [-0.05, 0) is 30.7 Å². The number of aliphatic hydroxyl groups is 1. The van der Waals surface area contributed by atoms with Gasteiger partial charge in [0.1, 0.15) is 0 Å². The van der Waals surface area contributed by atoms with Crippen molar-refractivity contribution in [2.45, 2.75) is 25.0 Å². The second-order valence-electron chi connectivity index (χ2n) is 4.65. The van der Waals surface area contributed by atoms with Crippen LogP contribution in [0.4, 0.5) is 0 Å². The molecule has 0 fully saturated rings. The van der Waals surface area contributed by atoms with Gasteiger partial charge in [-0.25, -0.2) is 13.1 Å². The van der Waals surface area contributed by atoms with Gasteiger partial charge in [0.15, 0.2) is 0 Å². The number of benzene rings is 1. The summed E-state index contributed by atoms with van der Waals surface area (Å²) in [7, 11) is -1.90. The molecular formula is C13H16ClN3O3S. The van der Waals surface area contributed by atoms with Gasteiger partial charge >= 0.3 is 0 Å². The SMILES string of the molecule is Cc1nn(C)cc1CNS(=O)(=O)c1ccc(Cl)c(CO)c1. The lowest BCUT2D eigenvalue weighted by Crippen LogP contribution is -2.23. The molecule has 0 spiro atoms. The van der Waals surface area contributed by atoms with E-state index in [0.717, 1.165) is 11.3 Å². The molecule has 0 aliphatic carbocycles. The van der Waals surface area contributed by atoms with E-state index in [1.165, 1.54) is 18.2 Å². The molecule has 8 heteroatoms. The number of sulfonamides is 1. The van der Waals surface area contributed by atoms with Gasteiger partial charge in [-0.3, -0.25) is 4.68 Å². The van der Waals surface area contributed by atoms with E-state index in [9.17, 15) is 8.42 Å². The summed E-state index contributed by atoms with van der Waals surface area (Å²) in [5, 5.41) is 13.6. The zero-order valence-electron chi connectivity index (χ0n) is 11.7. The molecule has 6 nitrogen and oxygen atoms in total. The third-order valence-electron chi connectivity index (χ3n) is 3.07. The fraction of sp³-hybridized carbons (Fsp3) is 0.308. The number of halogens is 1. The smallest absolute Gasteiger partial charge is 0.240 e. The molecular weight excluding hydrogens is 314 g/mol. The molecule has 0 amide bonds. The molecule has 0 unspecified atom stereocenters. The van der Waals surface area contributed by atoms with E-state index >= 15 is 0 Å². The highest BCUT2D eigenvalue weighted by Crippen LogP contribution is 2.20. The summed E-state index contributed by atoms with van der Waals surface area (Å²) >= 11 is 5.86. The predicted molar refractivity (Wildman–Crippen MR) is 79.3 cm³/mol. The van der Waals surface area contributed by atoms with Crippen molar-refractivity contribution in [2.24, 2.45) is 7.05 Å². The molecule has 1 aromatic heterocycles. The van der Waals surface area contributed by atoms with Crippen molar-refractivity contribution in [1.82, 2.24) is 14.5 Å². The zero-order chi connectivity index (χ0) is 15.6. The summed E-state index contributed by atoms with van der Waals surface area (Å²) < 4.78 is 28.6. The number of nitrogens with zero attached hydrogens (tertiary/aromatic N) is 2. The summed E-state index contributed by atoms with van der Waals surface area (Å²) in [4.78, 5) is 0.0671. The lowest BCUT2D eigenvalue weighted by atomic mass is 10.2. The van der Waals surface area contributed by atoms with Gasteiger partial charge < -0.3 is 5.11 Å². The van der Waals surface area contributed by atoms with Crippen LogP contribution in [0.5, 0.6) is 0 Å². The third kappa shape index (κ3) is 3.62.